The first-order valence-corrected chi connectivity index (χ1v) is 10.5. The molecule has 2 aliphatic heterocycles. The summed E-state index contributed by atoms with van der Waals surface area (Å²) in [6, 6.07) is 0. The van der Waals surface area contributed by atoms with Gasteiger partial charge in [-0.15, -0.1) is 0 Å². The SMILES string of the molecule is CCOC(=O)/C=C/C=C/C=C/C1=C2C(=O)O[C@@H](C)C/C=C/C[C@H]3C(=O)CC[C@H](O1)[C@H]23. The fourth-order valence-corrected chi connectivity index (χ4v) is 4.08. The zero-order valence-corrected chi connectivity index (χ0v) is 17.4. The maximum absolute atomic E-state index is 12.9. The summed E-state index contributed by atoms with van der Waals surface area (Å²) in [5, 5.41) is 0. The molecule has 0 saturated heterocycles. The van der Waals surface area contributed by atoms with Gasteiger partial charge < -0.3 is 14.2 Å². The lowest BCUT2D eigenvalue weighted by Crippen LogP contribution is -2.39. The molecule has 3 aliphatic rings. The Morgan fingerprint density at radius 3 is 2.70 bits per heavy atom. The molecule has 0 aromatic carbocycles. The van der Waals surface area contributed by atoms with Crippen LogP contribution >= 0.6 is 0 Å². The molecular weight excluding hydrogens is 384 g/mol. The van der Waals surface area contributed by atoms with Crippen LogP contribution in [0.25, 0.3) is 0 Å². The molecule has 0 aromatic rings. The number of carbonyl (C=O) groups excluding carboxylic acids is 3. The van der Waals surface area contributed by atoms with Crippen LogP contribution in [-0.4, -0.2) is 36.5 Å². The summed E-state index contributed by atoms with van der Waals surface area (Å²) in [5.41, 5.74) is 0.465. The van der Waals surface area contributed by atoms with Gasteiger partial charge in [0.2, 0.25) is 0 Å². The van der Waals surface area contributed by atoms with Crippen LogP contribution in [0.1, 0.15) is 39.5 Å². The van der Waals surface area contributed by atoms with Crippen LogP contribution in [0.15, 0.2) is 59.9 Å². The molecule has 4 atom stereocenters. The highest BCUT2D eigenvalue weighted by atomic mass is 16.5. The highest BCUT2D eigenvalue weighted by molar-refractivity contribution is 5.94. The van der Waals surface area contributed by atoms with Crippen LogP contribution in [-0.2, 0) is 28.6 Å². The zero-order chi connectivity index (χ0) is 21.5. The maximum atomic E-state index is 12.9. The van der Waals surface area contributed by atoms with Crippen molar-refractivity contribution < 1.29 is 28.6 Å². The summed E-state index contributed by atoms with van der Waals surface area (Å²) in [7, 11) is 0. The number of hydrogen-bond donors (Lipinski definition) is 0. The van der Waals surface area contributed by atoms with Crippen molar-refractivity contribution in [3.8, 4) is 0 Å². The molecule has 3 rings (SSSR count). The normalized spacial score (nSPS) is 30.5. The lowest BCUT2D eigenvalue weighted by Gasteiger charge is -2.32. The van der Waals surface area contributed by atoms with Crippen molar-refractivity contribution in [2.24, 2.45) is 11.8 Å². The Morgan fingerprint density at radius 2 is 1.90 bits per heavy atom. The van der Waals surface area contributed by atoms with Crippen molar-refractivity contribution in [1.29, 1.82) is 0 Å². The summed E-state index contributed by atoms with van der Waals surface area (Å²) in [6.45, 7) is 3.94. The number of ketones is 1. The van der Waals surface area contributed by atoms with Crippen LogP contribution in [0, 0.1) is 11.8 Å². The van der Waals surface area contributed by atoms with Crippen LogP contribution < -0.4 is 0 Å². The Morgan fingerprint density at radius 1 is 1.13 bits per heavy atom. The molecule has 30 heavy (non-hydrogen) atoms. The van der Waals surface area contributed by atoms with Gasteiger partial charge in [0.05, 0.1) is 12.2 Å². The Bertz CT molecular complexity index is 829. The summed E-state index contributed by atoms with van der Waals surface area (Å²) in [5.74, 6) is -0.702. The molecule has 0 spiro atoms. The fraction of sp³-hybridized carbons (Fsp3) is 0.458. The minimum Gasteiger partial charge on any atom is -0.489 e. The number of esters is 2. The van der Waals surface area contributed by atoms with E-state index in [0.717, 1.165) is 0 Å². The van der Waals surface area contributed by atoms with E-state index in [1.54, 1.807) is 37.3 Å². The van der Waals surface area contributed by atoms with Gasteiger partial charge >= 0.3 is 11.9 Å². The second-order valence-corrected chi connectivity index (χ2v) is 7.59. The summed E-state index contributed by atoms with van der Waals surface area (Å²) < 4.78 is 16.5. The Hall–Kier alpha value is -2.89. The van der Waals surface area contributed by atoms with Crippen molar-refractivity contribution in [1.82, 2.24) is 0 Å². The minimum atomic E-state index is -0.407. The smallest absolute Gasteiger partial charge is 0.338 e. The topological polar surface area (TPSA) is 78.9 Å². The van der Waals surface area contributed by atoms with E-state index in [-0.39, 0.29) is 29.8 Å². The van der Waals surface area contributed by atoms with E-state index in [0.29, 0.717) is 43.6 Å². The maximum Gasteiger partial charge on any atom is 0.338 e. The molecule has 0 radical (unpaired) electrons. The standard InChI is InChI=1S/C24H28O6/c1-3-28-21(26)13-7-5-4-6-12-19-23-22-17(18(25)14-15-20(22)30-19)11-9-8-10-16(2)29-24(23)27/h4-9,12-13,16-17,20,22H,3,10-11,14-15H2,1-2H3/b5-4+,9-8+,12-6+,13-7+/t16-,17-,20-,22+/m0/s1. The number of carbonyl (C=O) groups is 3. The Labute approximate surface area is 176 Å². The van der Waals surface area contributed by atoms with E-state index >= 15 is 0 Å². The molecule has 1 fully saturated rings. The van der Waals surface area contributed by atoms with Crippen molar-refractivity contribution >= 4 is 17.7 Å². The average molecular weight is 412 g/mol. The van der Waals surface area contributed by atoms with Crippen LogP contribution in [0.4, 0.5) is 0 Å². The van der Waals surface area contributed by atoms with E-state index in [9.17, 15) is 14.4 Å². The van der Waals surface area contributed by atoms with Gasteiger partial charge in [0.15, 0.2) is 0 Å². The van der Waals surface area contributed by atoms with Gasteiger partial charge in [-0.3, -0.25) is 4.79 Å². The molecule has 1 aliphatic carbocycles. The van der Waals surface area contributed by atoms with Gasteiger partial charge in [0, 0.05) is 30.8 Å². The molecule has 0 N–H and O–H groups in total. The van der Waals surface area contributed by atoms with E-state index in [1.165, 1.54) is 6.08 Å². The molecular formula is C24H28O6. The van der Waals surface area contributed by atoms with Gasteiger partial charge in [-0.2, -0.15) is 0 Å². The summed E-state index contributed by atoms with van der Waals surface area (Å²) in [6.07, 6.45) is 15.7. The van der Waals surface area contributed by atoms with Gasteiger partial charge in [-0.1, -0.05) is 36.5 Å². The van der Waals surface area contributed by atoms with Gasteiger partial charge in [-0.25, -0.2) is 9.59 Å². The number of rotatable bonds is 5. The fourth-order valence-electron chi connectivity index (χ4n) is 4.08. The lowest BCUT2D eigenvalue weighted by atomic mass is 9.72. The molecule has 6 heteroatoms. The van der Waals surface area contributed by atoms with Crippen molar-refractivity contribution in [2.75, 3.05) is 6.61 Å². The second kappa shape index (κ2) is 10.2. The average Bonchev–Trinajstić information content (AvgIpc) is 3.07. The lowest BCUT2D eigenvalue weighted by molar-refractivity contribution is -0.144. The molecule has 0 bridgehead atoms. The van der Waals surface area contributed by atoms with E-state index in [2.05, 4.69) is 0 Å². The Kier molecular flexibility index (Phi) is 7.44. The second-order valence-electron chi connectivity index (χ2n) is 7.59. The number of hydrogen-bond acceptors (Lipinski definition) is 6. The predicted octanol–water partition coefficient (Wildman–Crippen LogP) is 3.75. The molecule has 160 valence electrons. The van der Waals surface area contributed by atoms with Crippen LogP contribution in [0.2, 0.25) is 0 Å². The third-order valence-corrected chi connectivity index (χ3v) is 5.45. The highest BCUT2D eigenvalue weighted by Crippen LogP contribution is 2.45. The first-order chi connectivity index (χ1) is 14.5. The quantitative estimate of drug-likeness (QED) is 0.296. The minimum absolute atomic E-state index is 0.178. The van der Waals surface area contributed by atoms with Gasteiger partial charge in [0.1, 0.15) is 23.8 Å². The zero-order valence-electron chi connectivity index (χ0n) is 17.4. The number of Topliss-reactive ketones (excluding diaryl/α,β-unsaturated/α-hetero) is 1. The molecule has 6 nitrogen and oxygen atoms in total. The first-order valence-electron chi connectivity index (χ1n) is 10.5. The first kappa shape index (κ1) is 21.8. The van der Waals surface area contributed by atoms with Gasteiger partial charge in [-0.05, 0) is 32.8 Å². The Balaban J connectivity index is 1.83. The number of ether oxygens (including phenoxy) is 3. The predicted molar refractivity (Wildman–Crippen MR) is 111 cm³/mol. The monoisotopic (exact) mass is 412 g/mol. The summed E-state index contributed by atoms with van der Waals surface area (Å²) >= 11 is 0. The third-order valence-electron chi connectivity index (χ3n) is 5.45. The van der Waals surface area contributed by atoms with Gasteiger partial charge in [0.25, 0.3) is 0 Å². The van der Waals surface area contributed by atoms with Crippen molar-refractivity contribution in [3.63, 3.8) is 0 Å². The van der Waals surface area contributed by atoms with Crippen molar-refractivity contribution in [2.45, 2.75) is 51.7 Å². The molecule has 0 amide bonds. The van der Waals surface area contributed by atoms with Crippen molar-refractivity contribution in [3.05, 3.63) is 59.9 Å². The van der Waals surface area contributed by atoms with E-state index in [1.807, 2.05) is 19.1 Å². The van der Waals surface area contributed by atoms with E-state index in [4.69, 9.17) is 14.2 Å². The molecule has 2 heterocycles. The van der Waals surface area contributed by atoms with Crippen LogP contribution in [0.3, 0.4) is 0 Å². The summed E-state index contributed by atoms with van der Waals surface area (Å²) in [4.78, 5) is 36.8. The molecule has 0 unspecified atom stereocenters. The molecule has 1 saturated carbocycles. The van der Waals surface area contributed by atoms with E-state index < -0.39 is 11.9 Å². The highest BCUT2D eigenvalue weighted by Gasteiger charge is 2.49. The number of allylic oxidation sites excluding steroid dienone is 6. The largest absolute Gasteiger partial charge is 0.489 e. The van der Waals surface area contributed by atoms with Crippen LogP contribution in [0.5, 0.6) is 0 Å². The molecule has 0 aromatic heterocycles. The third kappa shape index (κ3) is 5.17. The number of cyclic esters (lactones) is 1.